The third-order valence-electron chi connectivity index (χ3n) is 6.72. The molecule has 198 valence electrons. The van der Waals surface area contributed by atoms with Gasteiger partial charge in [-0.3, -0.25) is 9.48 Å². The molecule has 1 aromatic carbocycles. The SMILES string of the molecule is COCC1Cn2cc(-c3cc(Nc4ccnn4C)ncc3Cl)cc2C(=O)N1Cc1cc(F)ccc1C(C)O. The summed E-state index contributed by atoms with van der Waals surface area (Å²) in [5.74, 6) is 0.706. The van der Waals surface area contributed by atoms with E-state index in [4.69, 9.17) is 16.3 Å². The topological polar surface area (TPSA) is 97.4 Å². The normalized spacial score (nSPS) is 16.0. The molecule has 0 aliphatic carbocycles. The van der Waals surface area contributed by atoms with Crippen LogP contribution in [0.5, 0.6) is 0 Å². The molecule has 5 rings (SSSR count). The molecule has 2 atom stereocenters. The summed E-state index contributed by atoms with van der Waals surface area (Å²) in [6.45, 7) is 2.54. The van der Waals surface area contributed by atoms with E-state index >= 15 is 0 Å². The van der Waals surface area contributed by atoms with Crippen LogP contribution in [-0.4, -0.2) is 55.0 Å². The number of rotatable bonds is 8. The molecule has 1 aliphatic rings. The Morgan fingerprint density at radius 3 is 2.82 bits per heavy atom. The van der Waals surface area contributed by atoms with Crippen molar-refractivity contribution in [3.8, 4) is 11.1 Å². The molecular formula is C27H28ClFN6O3. The summed E-state index contributed by atoms with van der Waals surface area (Å²) in [4.78, 5) is 19.8. The van der Waals surface area contributed by atoms with Gasteiger partial charge in [0.05, 0.1) is 30.0 Å². The van der Waals surface area contributed by atoms with Crippen molar-refractivity contribution in [1.82, 2.24) is 24.2 Å². The zero-order valence-electron chi connectivity index (χ0n) is 21.2. The summed E-state index contributed by atoms with van der Waals surface area (Å²) in [6, 6.07) is 9.40. The van der Waals surface area contributed by atoms with E-state index in [2.05, 4.69) is 15.4 Å². The van der Waals surface area contributed by atoms with Gasteiger partial charge in [0.25, 0.3) is 5.91 Å². The van der Waals surface area contributed by atoms with Crippen molar-refractivity contribution < 1.29 is 19.0 Å². The smallest absolute Gasteiger partial charge is 0.271 e. The molecule has 38 heavy (non-hydrogen) atoms. The maximum Gasteiger partial charge on any atom is 0.271 e. The molecular weight excluding hydrogens is 511 g/mol. The lowest BCUT2D eigenvalue weighted by Gasteiger charge is -2.36. The molecule has 11 heteroatoms. The Bertz CT molecular complexity index is 1480. The number of pyridine rings is 1. The second-order valence-electron chi connectivity index (χ2n) is 9.34. The number of hydrogen-bond donors (Lipinski definition) is 2. The number of carbonyl (C=O) groups is 1. The van der Waals surface area contributed by atoms with Crippen LogP contribution in [0.4, 0.5) is 16.0 Å². The van der Waals surface area contributed by atoms with E-state index in [0.29, 0.717) is 40.8 Å². The van der Waals surface area contributed by atoms with E-state index in [1.165, 1.54) is 12.1 Å². The molecule has 0 bridgehead atoms. The van der Waals surface area contributed by atoms with Gasteiger partial charge >= 0.3 is 0 Å². The number of halogens is 2. The monoisotopic (exact) mass is 538 g/mol. The predicted octanol–water partition coefficient (Wildman–Crippen LogP) is 4.54. The Labute approximate surface area is 224 Å². The summed E-state index contributed by atoms with van der Waals surface area (Å²) in [6.07, 6.45) is 4.34. The molecule has 3 aromatic heterocycles. The standard InChI is InChI=1S/C27H28ClFN6O3/c1-16(36)21-5-4-19(29)8-17(21)13-35-20(15-38-3)14-34-12-18(9-24(34)27(35)37)22-10-25(30-11-23(22)28)32-26-6-7-31-33(26)2/h4-12,16,20,36H,13-15H2,1-3H3,(H,30,32). The first-order valence-corrected chi connectivity index (χ1v) is 12.5. The number of fused-ring (bicyclic) bond motifs is 1. The highest BCUT2D eigenvalue weighted by atomic mass is 35.5. The van der Waals surface area contributed by atoms with Crippen LogP contribution in [-0.2, 0) is 24.9 Å². The third-order valence-corrected chi connectivity index (χ3v) is 7.02. The predicted molar refractivity (Wildman–Crippen MR) is 142 cm³/mol. The van der Waals surface area contributed by atoms with Crippen molar-refractivity contribution in [2.75, 3.05) is 19.0 Å². The number of benzene rings is 1. The Balaban J connectivity index is 1.48. The summed E-state index contributed by atoms with van der Waals surface area (Å²) >= 11 is 6.53. The molecule has 4 heterocycles. The highest BCUT2D eigenvalue weighted by Crippen LogP contribution is 2.34. The molecule has 0 radical (unpaired) electrons. The first-order chi connectivity index (χ1) is 18.2. The lowest BCUT2D eigenvalue weighted by atomic mass is 10.0. The highest BCUT2D eigenvalue weighted by molar-refractivity contribution is 6.33. The van der Waals surface area contributed by atoms with Crippen LogP contribution in [0.3, 0.4) is 0 Å². The van der Waals surface area contributed by atoms with Crippen LogP contribution < -0.4 is 5.32 Å². The number of ether oxygens (including phenoxy) is 1. The van der Waals surface area contributed by atoms with Crippen molar-refractivity contribution in [2.45, 2.75) is 32.2 Å². The number of aromatic nitrogens is 4. The summed E-state index contributed by atoms with van der Waals surface area (Å²) in [7, 11) is 3.40. The van der Waals surface area contributed by atoms with Gasteiger partial charge in [-0.05, 0) is 42.3 Å². The van der Waals surface area contributed by atoms with Crippen LogP contribution >= 0.6 is 11.6 Å². The number of nitrogens with zero attached hydrogens (tertiary/aromatic N) is 5. The number of nitrogens with one attached hydrogen (secondary N) is 1. The lowest BCUT2D eigenvalue weighted by Crippen LogP contribution is -2.49. The molecule has 0 spiro atoms. The van der Waals surface area contributed by atoms with Gasteiger partial charge in [-0.1, -0.05) is 17.7 Å². The Morgan fingerprint density at radius 1 is 1.29 bits per heavy atom. The summed E-state index contributed by atoms with van der Waals surface area (Å²) in [5, 5.41) is 18.0. The number of carbonyl (C=O) groups excluding carboxylic acids is 1. The molecule has 9 nitrogen and oxygen atoms in total. The van der Waals surface area contributed by atoms with E-state index < -0.39 is 11.9 Å². The van der Waals surface area contributed by atoms with E-state index in [1.807, 2.05) is 29.9 Å². The molecule has 1 aliphatic heterocycles. The van der Waals surface area contributed by atoms with Crippen LogP contribution in [0.1, 0.15) is 34.6 Å². The zero-order valence-corrected chi connectivity index (χ0v) is 22.0. The third kappa shape index (κ3) is 5.02. The molecule has 0 saturated carbocycles. The van der Waals surface area contributed by atoms with Crippen LogP contribution in [0, 0.1) is 5.82 Å². The Kier molecular flexibility index (Phi) is 7.20. The number of aliphatic hydroxyl groups excluding tert-OH is 1. The maximum atomic E-state index is 14.1. The second-order valence-corrected chi connectivity index (χ2v) is 9.75. The largest absolute Gasteiger partial charge is 0.389 e. The minimum Gasteiger partial charge on any atom is -0.389 e. The number of aliphatic hydroxyl groups is 1. The van der Waals surface area contributed by atoms with Gasteiger partial charge in [-0.25, -0.2) is 9.37 Å². The van der Waals surface area contributed by atoms with Gasteiger partial charge in [-0.2, -0.15) is 5.10 Å². The van der Waals surface area contributed by atoms with Crippen molar-refractivity contribution in [3.63, 3.8) is 0 Å². The van der Waals surface area contributed by atoms with Gasteiger partial charge in [0.1, 0.15) is 23.1 Å². The number of hydrogen-bond acceptors (Lipinski definition) is 6. The average molecular weight is 539 g/mol. The summed E-state index contributed by atoms with van der Waals surface area (Å²) in [5.41, 5.74) is 3.10. The van der Waals surface area contributed by atoms with Crippen molar-refractivity contribution in [2.24, 2.45) is 7.05 Å². The fourth-order valence-corrected chi connectivity index (χ4v) is 5.03. The van der Waals surface area contributed by atoms with E-state index in [-0.39, 0.29) is 18.5 Å². The van der Waals surface area contributed by atoms with Gasteiger partial charge in [0.2, 0.25) is 0 Å². The first-order valence-electron chi connectivity index (χ1n) is 12.1. The Hall–Kier alpha value is -3.73. The molecule has 0 saturated heterocycles. The van der Waals surface area contributed by atoms with Crippen molar-refractivity contribution in [3.05, 3.63) is 82.6 Å². The minimum absolute atomic E-state index is 0.139. The number of aryl methyl sites for hydroxylation is 1. The summed E-state index contributed by atoms with van der Waals surface area (Å²) < 4.78 is 23.1. The maximum absolute atomic E-state index is 14.1. The molecule has 1 amide bonds. The molecule has 0 fully saturated rings. The van der Waals surface area contributed by atoms with E-state index in [9.17, 15) is 14.3 Å². The van der Waals surface area contributed by atoms with E-state index in [0.717, 1.165) is 16.9 Å². The van der Waals surface area contributed by atoms with Crippen LogP contribution in [0.15, 0.2) is 55.0 Å². The van der Waals surface area contributed by atoms with E-state index in [1.54, 1.807) is 48.1 Å². The Morgan fingerprint density at radius 2 is 2.11 bits per heavy atom. The van der Waals surface area contributed by atoms with Gasteiger partial charge < -0.3 is 24.6 Å². The molecule has 4 aromatic rings. The van der Waals surface area contributed by atoms with Crippen LogP contribution in [0.2, 0.25) is 5.02 Å². The number of amides is 1. The fraction of sp³-hybridized carbons (Fsp3) is 0.296. The second kappa shape index (κ2) is 10.6. The minimum atomic E-state index is -0.801. The highest BCUT2D eigenvalue weighted by Gasteiger charge is 2.34. The van der Waals surface area contributed by atoms with Crippen LogP contribution in [0.25, 0.3) is 11.1 Å². The molecule has 2 N–H and O–H groups in total. The lowest BCUT2D eigenvalue weighted by molar-refractivity contribution is 0.0385. The zero-order chi connectivity index (χ0) is 27.0. The number of anilines is 2. The first kappa shape index (κ1) is 25.9. The van der Waals surface area contributed by atoms with Crippen molar-refractivity contribution in [1.29, 1.82) is 0 Å². The van der Waals surface area contributed by atoms with Gasteiger partial charge in [0.15, 0.2) is 0 Å². The fourth-order valence-electron chi connectivity index (χ4n) is 4.82. The van der Waals surface area contributed by atoms with Crippen molar-refractivity contribution >= 4 is 29.1 Å². The number of methoxy groups -OCH3 is 1. The van der Waals surface area contributed by atoms with Gasteiger partial charge in [0, 0.05) is 56.8 Å². The van der Waals surface area contributed by atoms with Gasteiger partial charge in [-0.15, -0.1) is 0 Å². The quantitative estimate of drug-likeness (QED) is 0.342. The average Bonchev–Trinajstić information content (AvgIpc) is 3.49. The molecule has 2 unspecified atom stereocenters.